The van der Waals surface area contributed by atoms with Gasteiger partial charge in [0.05, 0.1) is 25.2 Å². The van der Waals surface area contributed by atoms with Gasteiger partial charge >= 0.3 is 0 Å². The first-order valence-corrected chi connectivity index (χ1v) is 11.6. The van der Waals surface area contributed by atoms with Crippen LogP contribution >= 0.6 is 0 Å². The molecule has 10 heteroatoms. The predicted octanol–water partition coefficient (Wildman–Crippen LogP) is 1.56. The Morgan fingerprint density at radius 1 is 1.25 bits per heavy atom. The summed E-state index contributed by atoms with van der Waals surface area (Å²) >= 11 is 0. The zero-order valence-electron chi connectivity index (χ0n) is 19.0. The van der Waals surface area contributed by atoms with Crippen molar-refractivity contribution in [3.63, 3.8) is 0 Å². The minimum Gasteiger partial charge on any atom is -0.473 e. The second kappa shape index (κ2) is 8.65. The summed E-state index contributed by atoms with van der Waals surface area (Å²) in [6, 6.07) is 0.231. The molecule has 1 saturated heterocycles. The highest BCUT2D eigenvalue weighted by Crippen LogP contribution is 2.34. The number of fused-ring (bicyclic) bond motifs is 1. The molecule has 5 rings (SSSR count). The molecular formula is C22H31N7O3. The minimum absolute atomic E-state index is 0.00491. The third-order valence-corrected chi connectivity index (χ3v) is 6.98. The fourth-order valence-electron chi connectivity index (χ4n) is 5.08. The molecule has 3 aliphatic rings. The van der Waals surface area contributed by atoms with Crippen molar-refractivity contribution in [3.05, 3.63) is 12.2 Å². The molecule has 4 unspecified atom stereocenters. The topological polar surface area (TPSA) is 98.0 Å². The number of ether oxygens (including phenoxy) is 2. The van der Waals surface area contributed by atoms with Gasteiger partial charge in [0.2, 0.25) is 11.8 Å². The highest BCUT2D eigenvalue weighted by molar-refractivity contribution is 5.80. The number of aryl methyl sites for hydroxylation is 1. The van der Waals surface area contributed by atoms with E-state index in [1.54, 1.807) is 0 Å². The van der Waals surface area contributed by atoms with Crippen LogP contribution in [0.5, 0.6) is 5.88 Å². The lowest BCUT2D eigenvalue weighted by Crippen LogP contribution is -2.43. The standard InChI is InChI=1S/C22H31N7O3/c1-4-29-14(2)17(12-25-29)19-26-18-20(27(19)3)23-13-24-21(18)32-16-6-5-15(11-16)22(30)28-7-9-31-10-8-28/h12-17H,4-11H2,1-3H3. The maximum Gasteiger partial charge on any atom is 0.245 e. The zero-order chi connectivity index (χ0) is 22.2. The summed E-state index contributed by atoms with van der Waals surface area (Å²) in [5.74, 6) is 1.72. The van der Waals surface area contributed by atoms with E-state index in [1.165, 1.54) is 6.33 Å². The monoisotopic (exact) mass is 441 g/mol. The van der Waals surface area contributed by atoms with Gasteiger partial charge in [0.1, 0.15) is 18.3 Å². The Hall–Kier alpha value is -2.75. The van der Waals surface area contributed by atoms with Crippen LogP contribution in [0.25, 0.3) is 11.2 Å². The summed E-state index contributed by atoms with van der Waals surface area (Å²) in [7, 11) is 1.98. The molecular weight excluding hydrogens is 410 g/mol. The Morgan fingerprint density at radius 2 is 2.06 bits per heavy atom. The largest absolute Gasteiger partial charge is 0.473 e. The van der Waals surface area contributed by atoms with E-state index in [0.29, 0.717) is 44.1 Å². The second-order valence-corrected chi connectivity index (χ2v) is 8.85. The molecule has 2 fully saturated rings. The van der Waals surface area contributed by atoms with Gasteiger partial charge in [-0.1, -0.05) is 0 Å². The molecule has 0 spiro atoms. The van der Waals surface area contributed by atoms with E-state index in [9.17, 15) is 4.79 Å². The van der Waals surface area contributed by atoms with Crippen LogP contribution in [0.15, 0.2) is 11.4 Å². The van der Waals surface area contributed by atoms with Gasteiger partial charge in [0.15, 0.2) is 11.2 Å². The first kappa shape index (κ1) is 21.1. The van der Waals surface area contributed by atoms with Crippen LogP contribution in [0.4, 0.5) is 0 Å². The van der Waals surface area contributed by atoms with Crippen LogP contribution in [-0.4, -0.2) is 86.5 Å². The molecule has 1 aliphatic carbocycles. The second-order valence-electron chi connectivity index (χ2n) is 8.85. The van der Waals surface area contributed by atoms with Crippen LogP contribution in [-0.2, 0) is 16.6 Å². The van der Waals surface area contributed by atoms with Crippen molar-refractivity contribution >= 4 is 23.3 Å². The molecule has 172 valence electrons. The minimum atomic E-state index is -0.0453. The molecule has 0 N–H and O–H groups in total. The lowest BCUT2D eigenvalue weighted by molar-refractivity contribution is -0.139. The maximum absolute atomic E-state index is 12.8. The molecule has 0 radical (unpaired) electrons. The van der Waals surface area contributed by atoms with E-state index in [4.69, 9.17) is 14.5 Å². The SMILES string of the molecule is CCN1N=CC(c2nc3c(OC4CCC(C(=O)N5CCOCC5)C4)ncnc3n2C)C1C. The molecule has 0 bridgehead atoms. The van der Waals surface area contributed by atoms with E-state index in [1.807, 2.05) is 22.7 Å². The Morgan fingerprint density at radius 3 is 2.81 bits per heavy atom. The number of hydrazone groups is 1. The zero-order valence-corrected chi connectivity index (χ0v) is 19.0. The highest BCUT2D eigenvalue weighted by Gasteiger charge is 2.36. The van der Waals surface area contributed by atoms with Crippen molar-refractivity contribution in [1.29, 1.82) is 0 Å². The van der Waals surface area contributed by atoms with Crippen molar-refractivity contribution in [1.82, 2.24) is 29.4 Å². The van der Waals surface area contributed by atoms with Crippen molar-refractivity contribution in [2.45, 2.75) is 51.2 Å². The third-order valence-electron chi connectivity index (χ3n) is 6.98. The van der Waals surface area contributed by atoms with Crippen LogP contribution in [0.1, 0.15) is 44.9 Å². The lowest BCUT2D eigenvalue weighted by atomic mass is 10.0. The van der Waals surface area contributed by atoms with E-state index in [-0.39, 0.29) is 29.9 Å². The van der Waals surface area contributed by atoms with Crippen molar-refractivity contribution in [2.75, 3.05) is 32.8 Å². The van der Waals surface area contributed by atoms with Crippen LogP contribution in [0, 0.1) is 5.92 Å². The average molecular weight is 442 g/mol. The maximum atomic E-state index is 12.8. The molecule has 1 amide bonds. The van der Waals surface area contributed by atoms with Crippen molar-refractivity contribution in [3.8, 4) is 5.88 Å². The third kappa shape index (κ3) is 3.70. The average Bonchev–Trinajstić information content (AvgIpc) is 3.52. The van der Waals surface area contributed by atoms with Gasteiger partial charge in [-0.3, -0.25) is 9.80 Å². The number of likely N-dealkylation sites (N-methyl/N-ethyl adjacent to an activating group) is 1. The Kier molecular flexibility index (Phi) is 5.71. The number of carbonyl (C=O) groups is 1. The molecule has 2 aliphatic heterocycles. The molecule has 0 aromatic carbocycles. The first-order valence-electron chi connectivity index (χ1n) is 11.6. The van der Waals surface area contributed by atoms with Crippen LogP contribution < -0.4 is 4.74 Å². The van der Waals surface area contributed by atoms with Gasteiger partial charge < -0.3 is 18.9 Å². The molecule has 32 heavy (non-hydrogen) atoms. The number of carbonyl (C=O) groups excluding carboxylic acids is 1. The fourth-order valence-corrected chi connectivity index (χ4v) is 5.08. The number of amides is 1. The molecule has 2 aromatic heterocycles. The van der Waals surface area contributed by atoms with Gasteiger partial charge in [-0.2, -0.15) is 10.1 Å². The van der Waals surface area contributed by atoms with E-state index >= 15 is 0 Å². The first-order chi connectivity index (χ1) is 15.6. The van der Waals surface area contributed by atoms with Crippen molar-refractivity contribution < 1.29 is 14.3 Å². The Labute approximate surface area is 187 Å². The quantitative estimate of drug-likeness (QED) is 0.694. The van der Waals surface area contributed by atoms with Gasteiger partial charge in [0.25, 0.3) is 0 Å². The summed E-state index contributed by atoms with van der Waals surface area (Å²) in [5, 5.41) is 6.58. The van der Waals surface area contributed by atoms with E-state index < -0.39 is 0 Å². The number of rotatable bonds is 5. The summed E-state index contributed by atoms with van der Waals surface area (Å²) in [6.45, 7) is 7.73. The number of aromatic nitrogens is 4. The molecule has 10 nitrogen and oxygen atoms in total. The predicted molar refractivity (Wildman–Crippen MR) is 119 cm³/mol. The van der Waals surface area contributed by atoms with Crippen LogP contribution in [0.2, 0.25) is 0 Å². The number of morpholine rings is 1. The normalized spacial score (nSPS) is 28.1. The Bertz CT molecular complexity index is 1020. The van der Waals surface area contributed by atoms with E-state index in [2.05, 4.69) is 33.9 Å². The van der Waals surface area contributed by atoms with Crippen molar-refractivity contribution in [2.24, 2.45) is 18.1 Å². The molecule has 1 saturated carbocycles. The smallest absolute Gasteiger partial charge is 0.245 e. The summed E-state index contributed by atoms with van der Waals surface area (Å²) in [4.78, 5) is 28.5. The van der Waals surface area contributed by atoms with Gasteiger partial charge in [-0.25, -0.2) is 9.97 Å². The number of hydrogen-bond acceptors (Lipinski definition) is 8. The molecule has 4 atom stereocenters. The summed E-state index contributed by atoms with van der Waals surface area (Å²) in [5.41, 5.74) is 1.42. The molecule has 4 heterocycles. The fraction of sp³-hybridized carbons (Fsp3) is 0.682. The van der Waals surface area contributed by atoms with E-state index in [0.717, 1.165) is 30.9 Å². The van der Waals surface area contributed by atoms with Gasteiger partial charge in [0, 0.05) is 38.8 Å². The van der Waals surface area contributed by atoms with Gasteiger partial charge in [-0.05, 0) is 33.1 Å². The summed E-state index contributed by atoms with van der Waals surface area (Å²) in [6.07, 6.45) is 5.83. The summed E-state index contributed by atoms with van der Waals surface area (Å²) < 4.78 is 13.7. The van der Waals surface area contributed by atoms with Gasteiger partial charge in [-0.15, -0.1) is 0 Å². The number of imidazole rings is 1. The molecule has 2 aromatic rings. The highest BCUT2D eigenvalue weighted by atomic mass is 16.5. The number of hydrogen-bond donors (Lipinski definition) is 0. The number of nitrogens with zero attached hydrogens (tertiary/aromatic N) is 7. The van der Waals surface area contributed by atoms with Crippen LogP contribution in [0.3, 0.4) is 0 Å². The lowest BCUT2D eigenvalue weighted by Gasteiger charge is -2.29. The Balaban J connectivity index is 1.32.